The molecular formula is C17H32O2. The van der Waals surface area contributed by atoms with Crippen molar-refractivity contribution in [3.05, 3.63) is 0 Å². The maximum absolute atomic E-state index is 5.94. The third kappa shape index (κ3) is 3.52. The molecule has 0 unspecified atom stereocenters. The fourth-order valence-electron chi connectivity index (χ4n) is 4.43. The molecule has 0 atom stereocenters. The van der Waals surface area contributed by atoms with Gasteiger partial charge in [0.2, 0.25) is 0 Å². The van der Waals surface area contributed by atoms with Crippen LogP contribution in [-0.4, -0.2) is 26.4 Å². The highest BCUT2D eigenvalue weighted by atomic mass is 16.5. The molecule has 0 amide bonds. The monoisotopic (exact) mass is 268 g/mol. The smallest absolute Gasteiger partial charge is 0.0549 e. The molecule has 2 heteroatoms. The molecule has 0 bridgehead atoms. The van der Waals surface area contributed by atoms with E-state index in [-0.39, 0.29) is 0 Å². The van der Waals surface area contributed by atoms with Gasteiger partial charge in [-0.3, -0.25) is 0 Å². The molecule has 19 heavy (non-hydrogen) atoms. The van der Waals surface area contributed by atoms with E-state index in [9.17, 15) is 0 Å². The minimum absolute atomic E-state index is 0.318. The minimum Gasteiger partial charge on any atom is -0.381 e. The fourth-order valence-corrected chi connectivity index (χ4v) is 4.43. The molecule has 2 aliphatic rings. The molecule has 0 aromatic heterocycles. The van der Waals surface area contributed by atoms with E-state index in [0.29, 0.717) is 5.41 Å². The van der Waals surface area contributed by atoms with E-state index in [1.165, 1.54) is 51.4 Å². The molecule has 0 aromatic carbocycles. The number of hydrogen-bond donors (Lipinski definition) is 0. The third-order valence-electron chi connectivity index (χ3n) is 5.49. The zero-order valence-electron chi connectivity index (χ0n) is 13.0. The van der Waals surface area contributed by atoms with Gasteiger partial charge >= 0.3 is 0 Å². The van der Waals surface area contributed by atoms with E-state index in [1.807, 2.05) is 0 Å². The Labute approximate surface area is 119 Å². The van der Waals surface area contributed by atoms with E-state index >= 15 is 0 Å². The summed E-state index contributed by atoms with van der Waals surface area (Å²) < 4.78 is 11.9. The van der Waals surface area contributed by atoms with Crippen molar-refractivity contribution in [1.82, 2.24) is 0 Å². The van der Waals surface area contributed by atoms with Crippen molar-refractivity contribution in [3.8, 4) is 0 Å². The SMILES string of the molecule is CCOCC(COCC)(C1CCCC1)C1CCCC1. The summed E-state index contributed by atoms with van der Waals surface area (Å²) >= 11 is 0. The van der Waals surface area contributed by atoms with Crippen molar-refractivity contribution in [2.45, 2.75) is 65.2 Å². The van der Waals surface area contributed by atoms with Crippen LogP contribution in [0.4, 0.5) is 0 Å². The summed E-state index contributed by atoms with van der Waals surface area (Å²) in [6.45, 7) is 7.78. The van der Waals surface area contributed by atoms with Crippen LogP contribution in [0.25, 0.3) is 0 Å². The van der Waals surface area contributed by atoms with Crippen molar-refractivity contribution in [1.29, 1.82) is 0 Å². The first-order valence-corrected chi connectivity index (χ1v) is 8.49. The summed E-state index contributed by atoms with van der Waals surface area (Å²) in [5.74, 6) is 1.68. The third-order valence-corrected chi connectivity index (χ3v) is 5.49. The summed E-state index contributed by atoms with van der Waals surface area (Å²) in [6.07, 6.45) is 11.3. The summed E-state index contributed by atoms with van der Waals surface area (Å²) in [4.78, 5) is 0. The zero-order valence-corrected chi connectivity index (χ0v) is 13.0. The van der Waals surface area contributed by atoms with Gasteiger partial charge in [-0.15, -0.1) is 0 Å². The Hall–Kier alpha value is -0.0800. The average Bonchev–Trinajstić information content (AvgIpc) is 3.12. The van der Waals surface area contributed by atoms with Gasteiger partial charge in [-0.25, -0.2) is 0 Å². The van der Waals surface area contributed by atoms with E-state index in [0.717, 1.165) is 38.3 Å². The molecule has 0 radical (unpaired) electrons. The maximum atomic E-state index is 5.94. The highest BCUT2D eigenvalue weighted by molar-refractivity contribution is 4.96. The predicted molar refractivity (Wildman–Crippen MR) is 79.3 cm³/mol. The molecule has 0 heterocycles. The van der Waals surface area contributed by atoms with Crippen molar-refractivity contribution in [2.75, 3.05) is 26.4 Å². The van der Waals surface area contributed by atoms with Crippen LogP contribution < -0.4 is 0 Å². The van der Waals surface area contributed by atoms with Crippen LogP contribution in [0, 0.1) is 17.3 Å². The summed E-state index contributed by atoms with van der Waals surface area (Å²) in [5.41, 5.74) is 0.318. The van der Waals surface area contributed by atoms with Gasteiger partial charge in [-0.2, -0.15) is 0 Å². The zero-order chi connectivity index (χ0) is 13.6. The Morgan fingerprint density at radius 2 is 1.11 bits per heavy atom. The van der Waals surface area contributed by atoms with E-state index in [4.69, 9.17) is 9.47 Å². The maximum Gasteiger partial charge on any atom is 0.0549 e. The lowest BCUT2D eigenvalue weighted by atomic mass is 9.65. The summed E-state index contributed by atoms with van der Waals surface area (Å²) in [5, 5.41) is 0. The van der Waals surface area contributed by atoms with Crippen molar-refractivity contribution in [2.24, 2.45) is 17.3 Å². The van der Waals surface area contributed by atoms with E-state index < -0.39 is 0 Å². The van der Waals surface area contributed by atoms with Crippen molar-refractivity contribution < 1.29 is 9.47 Å². The molecule has 2 aliphatic carbocycles. The van der Waals surface area contributed by atoms with Gasteiger partial charge < -0.3 is 9.47 Å². The molecule has 0 N–H and O–H groups in total. The van der Waals surface area contributed by atoms with E-state index in [1.54, 1.807) is 0 Å². The molecule has 0 aromatic rings. The quantitative estimate of drug-likeness (QED) is 0.648. The van der Waals surface area contributed by atoms with Gasteiger partial charge in [0.1, 0.15) is 0 Å². The molecule has 2 fully saturated rings. The second-order valence-electron chi connectivity index (χ2n) is 6.47. The molecule has 2 rings (SSSR count). The van der Waals surface area contributed by atoms with Gasteiger partial charge in [0.25, 0.3) is 0 Å². The number of ether oxygens (including phenoxy) is 2. The highest BCUT2D eigenvalue weighted by Crippen LogP contribution is 2.50. The van der Waals surface area contributed by atoms with Crippen LogP contribution in [0.1, 0.15) is 65.2 Å². The van der Waals surface area contributed by atoms with Gasteiger partial charge in [-0.05, 0) is 51.4 Å². The first kappa shape index (κ1) is 15.3. The largest absolute Gasteiger partial charge is 0.381 e. The van der Waals surface area contributed by atoms with Gasteiger partial charge in [-0.1, -0.05) is 25.7 Å². The predicted octanol–water partition coefficient (Wildman–Crippen LogP) is 4.43. The van der Waals surface area contributed by atoms with Crippen LogP contribution in [-0.2, 0) is 9.47 Å². The van der Waals surface area contributed by atoms with Crippen LogP contribution in [0.2, 0.25) is 0 Å². The Morgan fingerprint density at radius 1 is 0.737 bits per heavy atom. The first-order chi connectivity index (χ1) is 9.33. The Bertz CT molecular complexity index is 214. The first-order valence-electron chi connectivity index (χ1n) is 8.49. The molecule has 0 spiro atoms. The van der Waals surface area contributed by atoms with E-state index in [2.05, 4.69) is 13.8 Å². The topological polar surface area (TPSA) is 18.5 Å². The lowest BCUT2D eigenvalue weighted by molar-refractivity contribution is -0.0845. The molecule has 2 nitrogen and oxygen atoms in total. The summed E-state index contributed by atoms with van der Waals surface area (Å²) in [6, 6.07) is 0. The Morgan fingerprint density at radius 3 is 1.42 bits per heavy atom. The van der Waals surface area contributed by atoms with Crippen LogP contribution >= 0.6 is 0 Å². The summed E-state index contributed by atoms with van der Waals surface area (Å²) in [7, 11) is 0. The standard InChI is InChI=1S/C17H32O2/c1-3-18-13-17(14-19-4-2,15-9-5-6-10-15)16-11-7-8-12-16/h15-16H,3-14H2,1-2H3. The lowest BCUT2D eigenvalue weighted by Gasteiger charge is -2.43. The Kier molecular flexibility index (Phi) is 6.15. The second kappa shape index (κ2) is 7.64. The van der Waals surface area contributed by atoms with Gasteiger partial charge in [0.05, 0.1) is 13.2 Å². The molecular weight excluding hydrogens is 236 g/mol. The number of hydrogen-bond acceptors (Lipinski definition) is 2. The van der Waals surface area contributed by atoms with Gasteiger partial charge in [0, 0.05) is 18.6 Å². The van der Waals surface area contributed by atoms with Crippen LogP contribution in [0.15, 0.2) is 0 Å². The molecule has 0 saturated heterocycles. The molecule has 0 aliphatic heterocycles. The van der Waals surface area contributed by atoms with Crippen molar-refractivity contribution >= 4 is 0 Å². The lowest BCUT2D eigenvalue weighted by Crippen LogP contribution is -2.44. The minimum atomic E-state index is 0.318. The van der Waals surface area contributed by atoms with Crippen molar-refractivity contribution in [3.63, 3.8) is 0 Å². The van der Waals surface area contributed by atoms with Gasteiger partial charge in [0.15, 0.2) is 0 Å². The highest BCUT2D eigenvalue weighted by Gasteiger charge is 2.47. The normalized spacial score (nSPS) is 22.4. The fraction of sp³-hybridized carbons (Fsp3) is 1.00. The van der Waals surface area contributed by atoms with Crippen LogP contribution in [0.3, 0.4) is 0 Å². The molecule has 2 saturated carbocycles. The molecule has 112 valence electrons. The second-order valence-corrected chi connectivity index (χ2v) is 6.47. The number of rotatable bonds is 8. The Balaban J connectivity index is 2.13. The van der Waals surface area contributed by atoms with Crippen LogP contribution in [0.5, 0.6) is 0 Å². The average molecular weight is 268 g/mol.